The van der Waals surface area contributed by atoms with Gasteiger partial charge < -0.3 is 21.0 Å². The first kappa shape index (κ1) is 14.7. The van der Waals surface area contributed by atoms with Crippen LogP contribution in [0.3, 0.4) is 0 Å². The Kier molecular flexibility index (Phi) is 5.04. The molecule has 2 rings (SSSR count). The molecule has 21 heavy (non-hydrogen) atoms. The number of nitrogens with two attached hydrogens (primary N) is 1. The van der Waals surface area contributed by atoms with Crippen LogP contribution in [-0.2, 0) is 6.54 Å². The average Bonchev–Trinajstić information content (AvgIpc) is 2.54. The van der Waals surface area contributed by atoms with Crippen molar-refractivity contribution in [2.45, 2.75) is 13.5 Å². The summed E-state index contributed by atoms with van der Waals surface area (Å²) in [6, 6.07) is 15.3. The Bertz CT molecular complexity index is 609. The first-order valence-corrected chi connectivity index (χ1v) is 6.76. The molecule has 4 N–H and O–H groups in total. The predicted octanol–water partition coefficient (Wildman–Crippen LogP) is 2.79. The monoisotopic (exact) mass is 285 g/mol. The Balaban J connectivity index is 1.99. The maximum atomic E-state index is 8.69. The molecule has 110 valence electrons. The fourth-order valence-corrected chi connectivity index (χ4v) is 1.94. The predicted molar refractivity (Wildman–Crippen MR) is 83.9 cm³/mol. The highest BCUT2D eigenvalue weighted by atomic mass is 16.5. The van der Waals surface area contributed by atoms with E-state index in [0.29, 0.717) is 18.7 Å². The summed E-state index contributed by atoms with van der Waals surface area (Å²) in [6.07, 6.45) is 0. The van der Waals surface area contributed by atoms with E-state index in [0.717, 1.165) is 17.0 Å². The summed E-state index contributed by atoms with van der Waals surface area (Å²) >= 11 is 0. The van der Waals surface area contributed by atoms with Gasteiger partial charge >= 0.3 is 0 Å². The maximum Gasteiger partial charge on any atom is 0.170 e. The quantitative estimate of drug-likeness (QED) is 0.330. The molecular weight excluding hydrogens is 266 g/mol. The number of anilines is 1. The second-order valence-electron chi connectivity index (χ2n) is 4.50. The molecule has 0 aromatic heterocycles. The lowest BCUT2D eigenvalue weighted by molar-refractivity contribution is 0.318. The fourth-order valence-electron chi connectivity index (χ4n) is 1.94. The van der Waals surface area contributed by atoms with E-state index in [9.17, 15) is 0 Å². The number of ether oxygens (including phenoxy) is 1. The highest BCUT2D eigenvalue weighted by Crippen LogP contribution is 2.16. The topological polar surface area (TPSA) is 79.9 Å². The molecule has 0 unspecified atom stereocenters. The number of rotatable bonds is 6. The second-order valence-corrected chi connectivity index (χ2v) is 4.50. The van der Waals surface area contributed by atoms with Crippen molar-refractivity contribution in [1.82, 2.24) is 0 Å². The van der Waals surface area contributed by atoms with Crippen LogP contribution >= 0.6 is 0 Å². The van der Waals surface area contributed by atoms with Crippen molar-refractivity contribution in [3.05, 3.63) is 59.7 Å². The lowest BCUT2D eigenvalue weighted by Gasteiger charge is -2.09. The zero-order chi connectivity index (χ0) is 15.1. The molecule has 2 aromatic rings. The van der Waals surface area contributed by atoms with E-state index in [2.05, 4.69) is 10.5 Å². The number of amidine groups is 1. The van der Waals surface area contributed by atoms with Crippen LogP contribution in [0.4, 0.5) is 5.69 Å². The number of nitrogens with one attached hydrogen (secondary N) is 1. The van der Waals surface area contributed by atoms with Gasteiger partial charge in [0.25, 0.3) is 0 Å². The highest BCUT2D eigenvalue weighted by molar-refractivity contribution is 5.97. The highest BCUT2D eigenvalue weighted by Gasteiger charge is 2.01. The van der Waals surface area contributed by atoms with Crippen molar-refractivity contribution in [3.8, 4) is 5.75 Å². The number of benzene rings is 2. The van der Waals surface area contributed by atoms with Crippen molar-refractivity contribution in [2.75, 3.05) is 11.9 Å². The van der Waals surface area contributed by atoms with Crippen LogP contribution in [-0.4, -0.2) is 17.6 Å². The number of hydrogen-bond acceptors (Lipinski definition) is 4. The van der Waals surface area contributed by atoms with Crippen LogP contribution in [0.5, 0.6) is 5.75 Å². The molecule has 5 nitrogen and oxygen atoms in total. The minimum absolute atomic E-state index is 0.109. The second kappa shape index (κ2) is 7.19. The summed E-state index contributed by atoms with van der Waals surface area (Å²) in [5.74, 6) is 0.967. The molecule has 0 fully saturated rings. The van der Waals surface area contributed by atoms with E-state index in [1.54, 1.807) is 6.07 Å². The summed E-state index contributed by atoms with van der Waals surface area (Å²) in [6.45, 7) is 3.27. The van der Waals surface area contributed by atoms with Gasteiger partial charge in [0.15, 0.2) is 5.84 Å². The van der Waals surface area contributed by atoms with Crippen molar-refractivity contribution >= 4 is 11.5 Å². The van der Waals surface area contributed by atoms with Crippen LogP contribution in [0.2, 0.25) is 0 Å². The third-order valence-electron chi connectivity index (χ3n) is 2.99. The number of hydrogen-bond donors (Lipinski definition) is 3. The molecule has 0 amide bonds. The molecule has 0 atom stereocenters. The smallest absolute Gasteiger partial charge is 0.170 e. The van der Waals surface area contributed by atoms with E-state index >= 15 is 0 Å². The van der Waals surface area contributed by atoms with Crippen molar-refractivity contribution in [3.63, 3.8) is 0 Å². The van der Waals surface area contributed by atoms with Gasteiger partial charge in [0.2, 0.25) is 0 Å². The lowest BCUT2D eigenvalue weighted by Crippen LogP contribution is -2.13. The van der Waals surface area contributed by atoms with E-state index in [1.807, 2.05) is 49.4 Å². The summed E-state index contributed by atoms with van der Waals surface area (Å²) in [4.78, 5) is 0. The molecular formula is C16H19N3O2. The summed E-state index contributed by atoms with van der Waals surface area (Å²) in [7, 11) is 0. The number of nitrogens with zero attached hydrogens (tertiary/aromatic N) is 1. The van der Waals surface area contributed by atoms with Crippen molar-refractivity contribution < 1.29 is 9.94 Å². The van der Waals surface area contributed by atoms with Crippen LogP contribution < -0.4 is 15.8 Å². The van der Waals surface area contributed by atoms with Gasteiger partial charge in [-0.05, 0) is 42.8 Å². The van der Waals surface area contributed by atoms with Crippen LogP contribution in [0, 0.1) is 0 Å². The molecule has 0 aliphatic carbocycles. The van der Waals surface area contributed by atoms with E-state index in [4.69, 9.17) is 15.7 Å². The van der Waals surface area contributed by atoms with Crippen molar-refractivity contribution in [1.29, 1.82) is 0 Å². The van der Waals surface area contributed by atoms with E-state index in [-0.39, 0.29) is 5.84 Å². The third kappa shape index (κ3) is 4.14. The molecule has 0 aliphatic rings. The Morgan fingerprint density at radius 3 is 2.67 bits per heavy atom. The average molecular weight is 285 g/mol. The maximum absolute atomic E-state index is 8.69. The van der Waals surface area contributed by atoms with Gasteiger partial charge in [-0.2, -0.15) is 0 Å². The number of oxime groups is 1. The normalized spacial score (nSPS) is 11.2. The standard InChI is InChI=1S/C16H19N3O2/c1-2-21-15-8-6-14(7-9-15)18-11-12-4-3-5-13(10-12)16(17)19-20/h3-10,18,20H,2,11H2,1H3,(H2,17,19). The van der Waals surface area contributed by atoms with Gasteiger partial charge in [0, 0.05) is 17.8 Å². The molecule has 0 radical (unpaired) electrons. The van der Waals surface area contributed by atoms with Gasteiger partial charge in [0.05, 0.1) is 6.61 Å². The zero-order valence-corrected chi connectivity index (χ0v) is 11.9. The Labute approximate surface area is 124 Å². The zero-order valence-electron chi connectivity index (χ0n) is 11.9. The summed E-state index contributed by atoms with van der Waals surface area (Å²) < 4.78 is 5.40. The fraction of sp³-hybridized carbons (Fsp3) is 0.188. The van der Waals surface area contributed by atoms with Crippen LogP contribution in [0.15, 0.2) is 53.7 Å². The Morgan fingerprint density at radius 1 is 1.24 bits per heavy atom. The molecule has 0 saturated carbocycles. The third-order valence-corrected chi connectivity index (χ3v) is 2.99. The first-order chi connectivity index (χ1) is 10.2. The lowest BCUT2D eigenvalue weighted by atomic mass is 10.1. The van der Waals surface area contributed by atoms with Gasteiger partial charge in [-0.1, -0.05) is 23.4 Å². The molecule has 0 bridgehead atoms. The minimum atomic E-state index is 0.109. The molecule has 5 heteroatoms. The molecule has 0 heterocycles. The summed E-state index contributed by atoms with van der Waals surface area (Å²) in [5, 5.41) is 15.0. The Morgan fingerprint density at radius 2 is 2.00 bits per heavy atom. The van der Waals surface area contributed by atoms with E-state index in [1.165, 1.54) is 0 Å². The largest absolute Gasteiger partial charge is 0.494 e. The summed E-state index contributed by atoms with van der Waals surface area (Å²) in [5.41, 5.74) is 8.34. The van der Waals surface area contributed by atoms with Gasteiger partial charge in [0.1, 0.15) is 5.75 Å². The van der Waals surface area contributed by atoms with Crippen molar-refractivity contribution in [2.24, 2.45) is 10.9 Å². The Hall–Kier alpha value is -2.69. The molecule has 0 saturated heterocycles. The molecule has 0 spiro atoms. The molecule has 2 aromatic carbocycles. The van der Waals surface area contributed by atoms with Gasteiger partial charge in [-0.25, -0.2) is 0 Å². The van der Waals surface area contributed by atoms with E-state index < -0.39 is 0 Å². The van der Waals surface area contributed by atoms with Crippen LogP contribution in [0.25, 0.3) is 0 Å². The minimum Gasteiger partial charge on any atom is -0.494 e. The van der Waals surface area contributed by atoms with Gasteiger partial charge in [-0.3, -0.25) is 0 Å². The molecule has 0 aliphatic heterocycles. The van der Waals surface area contributed by atoms with Gasteiger partial charge in [-0.15, -0.1) is 0 Å². The SMILES string of the molecule is CCOc1ccc(NCc2cccc(C(N)=NO)c2)cc1. The first-order valence-electron chi connectivity index (χ1n) is 6.76. The van der Waals surface area contributed by atoms with Crippen LogP contribution in [0.1, 0.15) is 18.1 Å².